The standard InChI is InChI=1S/C27H45N2O18P3S4/c1-27(2,11-14-40-3)54-53-18-41-12-7-8-13-42-24(30)10-6-5-9-20-16-29(26(32)28-25(20)31)23-15-21(43-19-52-51-4)22(45-23)17-44-49(36,37)47-50(38,39)46-48(33,34)35/h16,21-23H,6-8,10-15,17-19H2,1-4H3,(H,36,37)(H,38,39)(H,28,31,32)(H2,33,34,35)/t21-,22+,23+/m0/s1. The van der Waals surface area contributed by atoms with Crippen LogP contribution in [0.15, 0.2) is 15.8 Å². The number of carbonyl (C=O) groups is 1. The highest BCUT2D eigenvalue weighted by Crippen LogP contribution is 2.66. The molecule has 0 bridgehead atoms. The lowest BCUT2D eigenvalue weighted by molar-refractivity contribution is -0.143. The largest absolute Gasteiger partial charge is 0.490 e. The van der Waals surface area contributed by atoms with E-state index >= 15 is 0 Å². The zero-order valence-electron chi connectivity index (χ0n) is 29.7. The summed E-state index contributed by atoms with van der Waals surface area (Å²) < 4.78 is 75.5. The third-order valence-corrected chi connectivity index (χ3v) is 15.0. The monoisotopic (exact) mass is 906 g/mol. The summed E-state index contributed by atoms with van der Waals surface area (Å²) in [5, 5.41) is 0. The molecule has 0 saturated carbocycles. The molecule has 5 N–H and O–H groups in total. The fourth-order valence-electron chi connectivity index (χ4n) is 4.17. The van der Waals surface area contributed by atoms with Gasteiger partial charge in [-0.2, -0.15) is 8.62 Å². The van der Waals surface area contributed by atoms with Crippen molar-refractivity contribution in [1.82, 2.24) is 9.55 Å². The van der Waals surface area contributed by atoms with Gasteiger partial charge >= 0.3 is 35.1 Å². The average Bonchev–Trinajstić information content (AvgIpc) is 3.45. The summed E-state index contributed by atoms with van der Waals surface area (Å²) in [7, 11) is -9.09. The van der Waals surface area contributed by atoms with Crippen LogP contribution < -0.4 is 11.2 Å². The number of unbranched alkanes of at least 4 members (excludes halogenated alkanes) is 1. The van der Waals surface area contributed by atoms with E-state index in [2.05, 4.69) is 39.3 Å². The van der Waals surface area contributed by atoms with Gasteiger partial charge in [0.05, 0.1) is 25.7 Å². The van der Waals surface area contributed by atoms with Gasteiger partial charge in [-0.05, 0) is 39.4 Å². The number of nitrogens with one attached hydrogen (secondary N) is 1. The van der Waals surface area contributed by atoms with Crippen LogP contribution in [0.3, 0.4) is 0 Å². The molecule has 2 heterocycles. The smallest absolute Gasteiger partial charge is 0.466 e. The van der Waals surface area contributed by atoms with E-state index in [0.29, 0.717) is 32.0 Å². The summed E-state index contributed by atoms with van der Waals surface area (Å²) in [5.74, 6) is 5.50. The maximum absolute atomic E-state index is 12.7. The molecule has 1 aromatic rings. The van der Waals surface area contributed by atoms with Gasteiger partial charge in [0, 0.05) is 44.1 Å². The van der Waals surface area contributed by atoms with Crippen LogP contribution in [0.2, 0.25) is 0 Å². The number of aromatic amines is 1. The molecular weight excluding hydrogens is 861 g/mol. The Bertz CT molecular complexity index is 1660. The van der Waals surface area contributed by atoms with Crippen molar-refractivity contribution in [1.29, 1.82) is 0 Å². The van der Waals surface area contributed by atoms with Crippen LogP contribution in [-0.4, -0.2) is 104 Å². The second-order valence-corrected chi connectivity index (χ2v) is 21.4. The number of aromatic nitrogens is 2. The van der Waals surface area contributed by atoms with E-state index in [1.165, 1.54) is 21.6 Å². The number of methoxy groups -OCH3 is 1. The van der Waals surface area contributed by atoms with Gasteiger partial charge in [-0.3, -0.25) is 23.7 Å². The van der Waals surface area contributed by atoms with Crippen molar-refractivity contribution in [3.8, 4) is 11.8 Å². The Labute approximate surface area is 327 Å². The number of H-pyrrole nitrogens is 1. The van der Waals surface area contributed by atoms with Crippen molar-refractivity contribution in [3.05, 3.63) is 32.6 Å². The Morgan fingerprint density at radius 1 is 1.06 bits per heavy atom. The first-order valence-electron chi connectivity index (χ1n) is 15.8. The van der Waals surface area contributed by atoms with Crippen molar-refractivity contribution in [2.75, 3.05) is 51.7 Å². The number of phosphoric ester groups is 1. The number of nitrogens with zero attached hydrogens (tertiary/aromatic N) is 1. The van der Waals surface area contributed by atoms with Crippen molar-refractivity contribution in [2.24, 2.45) is 0 Å². The average molecular weight is 907 g/mol. The molecule has 0 amide bonds. The number of esters is 1. The molecule has 1 aliphatic heterocycles. The van der Waals surface area contributed by atoms with E-state index in [4.69, 9.17) is 38.0 Å². The Morgan fingerprint density at radius 3 is 2.46 bits per heavy atom. The summed E-state index contributed by atoms with van der Waals surface area (Å²) in [5.41, 5.74) is -1.81. The number of ether oxygens (including phenoxy) is 5. The van der Waals surface area contributed by atoms with Gasteiger partial charge in [0.1, 0.15) is 29.8 Å². The van der Waals surface area contributed by atoms with Gasteiger partial charge in [-0.15, -0.1) is 0 Å². The molecule has 54 heavy (non-hydrogen) atoms. The summed E-state index contributed by atoms with van der Waals surface area (Å²) in [6, 6.07) is 0. The molecule has 2 rings (SSSR count). The predicted molar refractivity (Wildman–Crippen MR) is 203 cm³/mol. The maximum atomic E-state index is 12.7. The number of hydrogen-bond donors (Lipinski definition) is 5. The van der Waals surface area contributed by atoms with Crippen LogP contribution in [-0.2, 0) is 55.3 Å². The molecule has 0 aliphatic carbocycles. The van der Waals surface area contributed by atoms with Gasteiger partial charge in [-0.25, -0.2) is 18.5 Å². The normalized spacial score (nSPS) is 19.8. The van der Waals surface area contributed by atoms with Crippen molar-refractivity contribution < 1.29 is 74.9 Å². The van der Waals surface area contributed by atoms with Crippen LogP contribution in [0.5, 0.6) is 0 Å². The van der Waals surface area contributed by atoms with Crippen molar-refractivity contribution in [2.45, 2.75) is 75.6 Å². The molecule has 0 spiro atoms. The number of hydrogen-bond acceptors (Lipinski definition) is 18. The molecule has 1 saturated heterocycles. The maximum Gasteiger partial charge on any atom is 0.490 e. The summed E-state index contributed by atoms with van der Waals surface area (Å²) >= 11 is 0. The topological polar surface area (TPSA) is 278 Å². The molecule has 0 radical (unpaired) electrons. The minimum Gasteiger partial charge on any atom is -0.466 e. The SMILES string of the molecule is COCCC(C)(C)SSCOCCCCOC(=O)CCC#Cc1cn([C@H]2C[C@H](OCSSC)[C@@H](COP(=O)(O)OP(=O)(O)OP(=O)(O)O)O2)c(=O)[nH]c1=O. The van der Waals surface area contributed by atoms with Crippen LogP contribution in [0.4, 0.5) is 0 Å². The van der Waals surface area contributed by atoms with E-state index < -0.39 is 65.7 Å². The minimum absolute atomic E-state index is 0.0378. The first-order valence-corrected chi connectivity index (χ1v) is 25.4. The first kappa shape index (κ1) is 49.5. The Balaban J connectivity index is 1.89. The fraction of sp³-hybridized carbons (Fsp3) is 0.741. The molecule has 27 heteroatoms. The Morgan fingerprint density at radius 2 is 1.78 bits per heavy atom. The van der Waals surface area contributed by atoms with Crippen LogP contribution in [0, 0.1) is 11.8 Å². The molecular formula is C27H45N2O18P3S4. The van der Waals surface area contributed by atoms with E-state index in [9.17, 15) is 37.9 Å². The van der Waals surface area contributed by atoms with Gasteiger partial charge < -0.3 is 43.3 Å². The highest BCUT2D eigenvalue weighted by atomic mass is 33.1. The molecule has 1 aliphatic rings. The third-order valence-electron chi connectivity index (χ3n) is 6.67. The van der Waals surface area contributed by atoms with Crippen LogP contribution >= 0.6 is 66.6 Å². The lowest BCUT2D eigenvalue weighted by Crippen LogP contribution is -2.33. The molecule has 2 unspecified atom stereocenters. The number of rotatable bonds is 26. The zero-order chi connectivity index (χ0) is 40.4. The lowest BCUT2D eigenvalue weighted by Gasteiger charge is -2.22. The summed E-state index contributed by atoms with van der Waals surface area (Å²) in [6.45, 7) is 4.93. The second kappa shape index (κ2) is 24.3. The highest BCUT2D eigenvalue weighted by Gasteiger charge is 2.43. The van der Waals surface area contributed by atoms with Gasteiger partial charge in [0.25, 0.3) is 5.56 Å². The third kappa shape index (κ3) is 20.7. The fourth-order valence-corrected chi connectivity index (χ4v) is 10.3. The molecule has 0 aromatic carbocycles. The summed E-state index contributed by atoms with van der Waals surface area (Å²) in [4.78, 5) is 76.1. The van der Waals surface area contributed by atoms with Gasteiger partial charge in [-0.1, -0.05) is 55.0 Å². The van der Waals surface area contributed by atoms with Crippen molar-refractivity contribution in [3.63, 3.8) is 0 Å². The second-order valence-electron chi connectivity index (χ2n) is 11.5. The summed E-state index contributed by atoms with van der Waals surface area (Å²) in [6.07, 6.45) is 1.97. The van der Waals surface area contributed by atoms with E-state index in [-0.39, 0.29) is 42.1 Å². The number of phosphoric acid groups is 3. The molecule has 310 valence electrons. The first-order chi connectivity index (χ1) is 25.3. The Kier molecular flexibility index (Phi) is 22.3. The predicted octanol–water partition coefficient (Wildman–Crippen LogP) is 4.15. The molecule has 20 nitrogen and oxygen atoms in total. The molecule has 5 atom stereocenters. The highest BCUT2D eigenvalue weighted by molar-refractivity contribution is 8.77. The zero-order valence-corrected chi connectivity index (χ0v) is 35.7. The van der Waals surface area contributed by atoms with Gasteiger partial charge in [0.15, 0.2) is 0 Å². The van der Waals surface area contributed by atoms with Gasteiger partial charge in [0.2, 0.25) is 0 Å². The quantitative estimate of drug-likeness (QED) is 0.0218. The number of carbonyl (C=O) groups excluding carboxylic acids is 1. The molecule has 1 fully saturated rings. The Hall–Kier alpha value is -0.640. The van der Waals surface area contributed by atoms with Crippen molar-refractivity contribution >= 4 is 72.6 Å². The van der Waals surface area contributed by atoms with E-state index in [0.717, 1.165) is 17.2 Å². The molecule has 1 aromatic heterocycles. The lowest BCUT2D eigenvalue weighted by atomic mass is 10.1. The minimum atomic E-state index is -5.75. The van der Waals surface area contributed by atoms with Crippen LogP contribution in [0.1, 0.15) is 64.2 Å². The van der Waals surface area contributed by atoms with E-state index in [1.54, 1.807) is 35.0 Å². The van der Waals surface area contributed by atoms with E-state index in [1.807, 2.05) is 0 Å². The van der Waals surface area contributed by atoms with Crippen LogP contribution in [0.25, 0.3) is 0 Å².